The van der Waals surface area contributed by atoms with Gasteiger partial charge in [0.15, 0.2) is 0 Å². The van der Waals surface area contributed by atoms with Gasteiger partial charge >= 0.3 is 0 Å². The maximum Gasteiger partial charge on any atom is 0.141 e. The lowest BCUT2D eigenvalue weighted by molar-refractivity contribution is 0.628. The lowest BCUT2D eigenvalue weighted by atomic mass is 10.3. The Bertz CT molecular complexity index is 519. The Morgan fingerprint density at radius 1 is 1.31 bits per heavy atom. The van der Waals surface area contributed by atoms with Crippen LogP contribution in [0.15, 0.2) is 41.1 Å². The molecule has 1 aromatic heterocycles. The van der Waals surface area contributed by atoms with Crippen molar-refractivity contribution in [2.75, 3.05) is 5.32 Å². The Kier molecular flexibility index (Phi) is 3.41. The molecule has 0 saturated heterocycles. The highest BCUT2D eigenvalue weighted by Crippen LogP contribution is 2.26. The minimum Gasteiger partial charge on any atom is -0.354 e. The van der Waals surface area contributed by atoms with E-state index in [2.05, 4.69) is 26.2 Å². The average Bonchev–Trinajstić information content (AvgIpc) is 2.27. The van der Waals surface area contributed by atoms with Gasteiger partial charge in [-0.25, -0.2) is 4.39 Å². The molecule has 16 heavy (non-hydrogen) atoms. The van der Waals surface area contributed by atoms with Crippen molar-refractivity contribution in [1.82, 2.24) is 4.98 Å². The highest BCUT2D eigenvalue weighted by atomic mass is 79.9. The molecule has 1 N–H and O–H groups in total. The summed E-state index contributed by atoms with van der Waals surface area (Å²) in [6.45, 7) is 0. The second kappa shape index (κ2) is 4.80. The van der Waals surface area contributed by atoms with E-state index in [4.69, 9.17) is 11.6 Å². The second-order valence-corrected chi connectivity index (χ2v) is 4.37. The number of rotatable bonds is 2. The zero-order valence-electron chi connectivity index (χ0n) is 8.05. The van der Waals surface area contributed by atoms with Crippen LogP contribution in [0.1, 0.15) is 0 Å². The summed E-state index contributed by atoms with van der Waals surface area (Å²) in [6.07, 6.45) is 3.34. The summed E-state index contributed by atoms with van der Waals surface area (Å²) in [4.78, 5) is 3.95. The third-order valence-corrected chi connectivity index (χ3v) is 2.89. The number of pyridine rings is 1. The molecule has 82 valence electrons. The molecule has 0 aliphatic heterocycles. The van der Waals surface area contributed by atoms with Gasteiger partial charge in [0.2, 0.25) is 0 Å². The number of hydrogen-bond donors (Lipinski definition) is 1. The Balaban J connectivity index is 2.28. The van der Waals surface area contributed by atoms with Crippen LogP contribution in [0.5, 0.6) is 0 Å². The van der Waals surface area contributed by atoms with Crippen LogP contribution in [-0.4, -0.2) is 4.98 Å². The molecule has 1 heterocycles. The van der Waals surface area contributed by atoms with E-state index in [1.54, 1.807) is 24.5 Å². The van der Waals surface area contributed by atoms with E-state index in [9.17, 15) is 4.39 Å². The predicted octanol–water partition coefficient (Wildman–Crippen LogP) is 4.38. The van der Waals surface area contributed by atoms with E-state index in [-0.39, 0.29) is 5.02 Å². The van der Waals surface area contributed by atoms with Crippen molar-refractivity contribution in [3.05, 3.63) is 52.0 Å². The van der Waals surface area contributed by atoms with E-state index >= 15 is 0 Å². The van der Waals surface area contributed by atoms with Crippen molar-refractivity contribution in [2.24, 2.45) is 0 Å². The van der Waals surface area contributed by atoms with Crippen LogP contribution in [0.4, 0.5) is 15.8 Å². The Morgan fingerprint density at radius 3 is 2.81 bits per heavy atom. The summed E-state index contributed by atoms with van der Waals surface area (Å²) in [5.41, 5.74) is 1.57. The summed E-state index contributed by atoms with van der Waals surface area (Å²) in [7, 11) is 0. The molecule has 0 aliphatic carbocycles. The van der Waals surface area contributed by atoms with E-state index in [1.807, 2.05) is 0 Å². The van der Waals surface area contributed by atoms with E-state index in [0.717, 1.165) is 15.8 Å². The highest BCUT2D eigenvalue weighted by Gasteiger charge is 2.03. The Hall–Kier alpha value is -1.13. The van der Waals surface area contributed by atoms with Crippen LogP contribution in [0, 0.1) is 5.82 Å². The molecule has 0 radical (unpaired) electrons. The first-order chi connectivity index (χ1) is 7.66. The van der Waals surface area contributed by atoms with Gasteiger partial charge in [0.25, 0.3) is 0 Å². The summed E-state index contributed by atoms with van der Waals surface area (Å²) < 4.78 is 13.8. The maximum atomic E-state index is 12.9. The Labute approximate surface area is 106 Å². The molecule has 2 rings (SSSR count). The molecular formula is C11H7BrClFN2. The van der Waals surface area contributed by atoms with E-state index in [0.29, 0.717) is 0 Å². The van der Waals surface area contributed by atoms with Gasteiger partial charge in [-0.05, 0) is 40.2 Å². The Morgan fingerprint density at radius 2 is 2.12 bits per heavy atom. The standard InChI is InChI=1S/C11H7BrClFN2/c12-8-6-15-4-3-11(8)16-7-1-2-10(14)9(13)5-7/h1-6H,(H,15,16). The number of benzene rings is 1. The summed E-state index contributed by atoms with van der Waals surface area (Å²) in [5, 5.41) is 3.20. The van der Waals surface area contributed by atoms with E-state index < -0.39 is 5.82 Å². The monoisotopic (exact) mass is 300 g/mol. The van der Waals surface area contributed by atoms with Gasteiger partial charge in [0.05, 0.1) is 15.2 Å². The number of nitrogens with zero attached hydrogens (tertiary/aromatic N) is 1. The molecule has 0 atom stereocenters. The molecule has 0 bridgehead atoms. The molecule has 0 amide bonds. The fourth-order valence-electron chi connectivity index (χ4n) is 1.21. The number of aromatic nitrogens is 1. The third kappa shape index (κ3) is 2.51. The van der Waals surface area contributed by atoms with Crippen LogP contribution >= 0.6 is 27.5 Å². The first-order valence-corrected chi connectivity index (χ1v) is 5.65. The quantitative estimate of drug-likeness (QED) is 0.890. The van der Waals surface area contributed by atoms with Gasteiger partial charge in [-0.1, -0.05) is 11.6 Å². The molecule has 0 spiro atoms. The first-order valence-electron chi connectivity index (χ1n) is 4.48. The summed E-state index contributed by atoms with van der Waals surface area (Å²) in [5.74, 6) is -0.430. The smallest absolute Gasteiger partial charge is 0.141 e. The third-order valence-electron chi connectivity index (χ3n) is 1.97. The second-order valence-electron chi connectivity index (χ2n) is 3.11. The number of nitrogens with one attached hydrogen (secondary N) is 1. The molecule has 0 unspecified atom stereocenters. The van der Waals surface area contributed by atoms with Crippen molar-refractivity contribution in [3.8, 4) is 0 Å². The molecule has 0 saturated carbocycles. The van der Waals surface area contributed by atoms with Crippen LogP contribution in [0.25, 0.3) is 0 Å². The van der Waals surface area contributed by atoms with Gasteiger partial charge < -0.3 is 5.32 Å². The molecule has 0 aliphatic rings. The summed E-state index contributed by atoms with van der Waals surface area (Å²) in [6, 6.07) is 6.28. The van der Waals surface area contributed by atoms with Gasteiger partial charge in [0, 0.05) is 18.1 Å². The molecule has 0 fully saturated rings. The molecule has 1 aromatic carbocycles. The van der Waals surface area contributed by atoms with Crippen molar-refractivity contribution in [3.63, 3.8) is 0 Å². The first kappa shape index (κ1) is 11.4. The van der Waals surface area contributed by atoms with E-state index in [1.165, 1.54) is 12.1 Å². The van der Waals surface area contributed by atoms with Crippen LogP contribution in [0.3, 0.4) is 0 Å². The van der Waals surface area contributed by atoms with Gasteiger partial charge in [-0.15, -0.1) is 0 Å². The fourth-order valence-corrected chi connectivity index (χ4v) is 1.74. The molecular weight excluding hydrogens is 294 g/mol. The largest absolute Gasteiger partial charge is 0.354 e. The topological polar surface area (TPSA) is 24.9 Å². The fraction of sp³-hybridized carbons (Fsp3) is 0. The molecule has 5 heteroatoms. The predicted molar refractivity (Wildman–Crippen MR) is 66.6 cm³/mol. The van der Waals surface area contributed by atoms with Crippen molar-refractivity contribution in [1.29, 1.82) is 0 Å². The average molecular weight is 302 g/mol. The molecule has 2 nitrogen and oxygen atoms in total. The molecule has 2 aromatic rings. The lowest BCUT2D eigenvalue weighted by Gasteiger charge is -2.08. The minimum absolute atomic E-state index is 0.0928. The normalized spacial score (nSPS) is 10.2. The maximum absolute atomic E-state index is 12.9. The highest BCUT2D eigenvalue weighted by molar-refractivity contribution is 9.10. The number of anilines is 2. The van der Waals surface area contributed by atoms with Crippen molar-refractivity contribution >= 4 is 38.9 Å². The van der Waals surface area contributed by atoms with Gasteiger partial charge in [-0.3, -0.25) is 4.98 Å². The van der Waals surface area contributed by atoms with Crippen LogP contribution in [-0.2, 0) is 0 Å². The van der Waals surface area contributed by atoms with Crippen LogP contribution < -0.4 is 5.32 Å². The number of hydrogen-bond acceptors (Lipinski definition) is 2. The SMILES string of the molecule is Fc1ccc(Nc2ccncc2Br)cc1Cl. The zero-order valence-corrected chi connectivity index (χ0v) is 10.4. The number of halogens is 3. The lowest BCUT2D eigenvalue weighted by Crippen LogP contribution is -1.92. The van der Waals surface area contributed by atoms with Gasteiger partial charge in [0.1, 0.15) is 5.82 Å². The summed E-state index contributed by atoms with van der Waals surface area (Å²) >= 11 is 9.04. The minimum atomic E-state index is -0.430. The van der Waals surface area contributed by atoms with Crippen molar-refractivity contribution in [2.45, 2.75) is 0 Å². The van der Waals surface area contributed by atoms with Crippen molar-refractivity contribution < 1.29 is 4.39 Å². The van der Waals surface area contributed by atoms with Gasteiger partial charge in [-0.2, -0.15) is 0 Å². The van der Waals surface area contributed by atoms with Crippen LogP contribution in [0.2, 0.25) is 5.02 Å². The zero-order chi connectivity index (χ0) is 11.5.